The van der Waals surface area contributed by atoms with Gasteiger partial charge >= 0.3 is 0 Å². The first-order valence-corrected chi connectivity index (χ1v) is 4.53. The fourth-order valence-electron chi connectivity index (χ4n) is 1.36. The van der Waals surface area contributed by atoms with Gasteiger partial charge in [0.05, 0.1) is 13.3 Å². The molecule has 1 unspecified atom stereocenters. The van der Waals surface area contributed by atoms with E-state index in [2.05, 4.69) is 5.43 Å². The molecule has 0 heterocycles. The summed E-state index contributed by atoms with van der Waals surface area (Å²) in [6.45, 7) is 1.90. The monoisotopic (exact) mass is 215 g/mol. The van der Waals surface area contributed by atoms with Crippen molar-refractivity contribution < 1.29 is 4.74 Å². The van der Waals surface area contributed by atoms with Crippen LogP contribution in [0.1, 0.15) is 17.3 Å². The van der Waals surface area contributed by atoms with Gasteiger partial charge in [0.25, 0.3) is 0 Å². The zero-order valence-electron chi connectivity index (χ0n) is 8.17. The first-order chi connectivity index (χ1) is 6.60. The quantitative estimate of drug-likeness (QED) is 0.401. The first-order valence-electron chi connectivity index (χ1n) is 4.16. The molecular weight excluding hydrogens is 202 g/mol. The van der Waals surface area contributed by atoms with Gasteiger partial charge in [0.15, 0.2) is 0 Å². The molecule has 0 saturated carbocycles. The lowest BCUT2D eigenvalue weighted by Crippen LogP contribution is -2.34. The molecule has 5 N–H and O–H groups in total. The van der Waals surface area contributed by atoms with Crippen molar-refractivity contribution in [3.8, 4) is 5.75 Å². The number of ether oxygens (including phenoxy) is 1. The van der Waals surface area contributed by atoms with Crippen LogP contribution in [0.25, 0.3) is 0 Å². The molecule has 0 saturated heterocycles. The maximum atomic E-state index is 5.90. The highest BCUT2D eigenvalue weighted by atomic mass is 35.5. The van der Waals surface area contributed by atoms with Crippen LogP contribution in [-0.2, 0) is 0 Å². The molecule has 0 aliphatic carbocycles. The number of hydrogen-bond donors (Lipinski definition) is 3. The van der Waals surface area contributed by atoms with Crippen LogP contribution in [0.2, 0.25) is 5.02 Å². The van der Waals surface area contributed by atoms with Gasteiger partial charge in [0, 0.05) is 10.6 Å². The third-order valence-corrected chi connectivity index (χ3v) is 2.21. The maximum absolute atomic E-state index is 5.90. The summed E-state index contributed by atoms with van der Waals surface area (Å²) in [5.41, 5.74) is 9.86. The Bertz CT molecular complexity index is 330. The lowest BCUT2D eigenvalue weighted by molar-refractivity contribution is 0.397. The van der Waals surface area contributed by atoms with E-state index in [0.29, 0.717) is 10.8 Å². The topological polar surface area (TPSA) is 73.3 Å². The molecule has 78 valence electrons. The van der Waals surface area contributed by atoms with Crippen LogP contribution in [0.3, 0.4) is 0 Å². The normalized spacial score (nSPS) is 12.6. The molecule has 0 aromatic heterocycles. The van der Waals surface area contributed by atoms with Crippen LogP contribution in [-0.4, -0.2) is 7.11 Å². The number of methoxy groups -OCH3 is 1. The second-order valence-electron chi connectivity index (χ2n) is 2.99. The summed E-state index contributed by atoms with van der Waals surface area (Å²) in [5.74, 6) is 5.96. The predicted octanol–water partition coefficient (Wildman–Crippen LogP) is 1.08. The number of hydrogen-bond acceptors (Lipinski definition) is 4. The van der Waals surface area contributed by atoms with Gasteiger partial charge in [-0.2, -0.15) is 0 Å². The minimum atomic E-state index is -0.484. The molecule has 0 aliphatic heterocycles. The van der Waals surface area contributed by atoms with Gasteiger partial charge in [-0.25, -0.2) is 5.43 Å². The van der Waals surface area contributed by atoms with E-state index >= 15 is 0 Å². The van der Waals surface area contributed by atoms with E-state index in [9.17, 15) is 0 Å². The van der Waals surface area contributed by atoms with E-state index in [1.54, 1.807) is 13.2 Å². The van der Waals surface area contributed by atoms with Crippen molar-refractivity contribution in [2.24, 2.45) is 11.6 Å². The Kier molecular flexibility index (Phi) is 3.71. The third kappa shape index (κ3) is 2.16. The fourth-order valence-corrected chi connectivity index (χ4v) is 1.64. The van der Waals surface area contributed by atoms with Crippen molar-refractivity contribution in [1.29, 1.82) is 0 Å². The molecule has 1 atom stereocenters. The van der Waals surface area contributed by atoms with Crippen LogP contribution < -0.4 is 21.7 Å². The van der Waals surface area contributed by atoms with Crippen LogP contribution in [0.4, 0.5) is 0 Å². The van der Waals surface area contributed by atoms with Crippen LogP contribution >= 0.6 is 11.6 Å². The van der Waals surface area contributed by atoms with E-state index in [-0.39, 0.29) is 0 Å². The fraction of sp³-hybridized carbons (Fsp3) is 0.333. The third-order valence-electron chi connectivity index (χ3n) is 1.99. The summed E-state index contributed by atoms with van der Waals surface area (Å²) in [6.07, 6.45) is -0.484. The maximum Gasteiger partial charge on any atom is 0.128 e. The Morgan fingerprint density at radius 1 is 1.50 bits per heavy atom. The molecule has 0 amide bonds. The summed E-state index contributed by atoms with van der Waals surface area (Å²) in [7, 11) is 1.59. The van der Waals surface area contributed by atoms with Crippen LogP contribution in [0.15, 0.2) is 12.1 Å². The molecule has 0 fully saturated rings. The summed E-state index contributed by atoms with van der Waals surface area (Å²) in [5, 5.41) is 0.615. The Balaban J connectivity index is 3.24. The molecular formula is C9H14ClN3O. The Labute approximate surface area is 88.1 Å². The van der Waals surface area contributed by atoms with Gasteiger partial charge in [-0.3, -0.25) is 5.84 Å². The molecule has 1 aromatic rings. The Hall–Kier alpha value is -0.810. The summed E-state index contributed by atoms with van der Waals surface area (Å²) in [4.78, 5) is 0. The molecule has 0 aliphatic rings. The zero-order chi connectivity index (χ0) is 10.7. The number of benzene rings is 1. The summed E-state index contributed by atoms with van der Waals surface area (Å²) >= 11 is 5.90. The smallest absolute Gasteiger partial charge is 0.128 e. The van der Waals surface area contributed by atoms with Crippen molar-refractivity contribution in [3.05, 3.63) is 28.3 Å². The van der Waals surface area contributed by atoms with Crippen molar-refractivity contribution >= 4 is 11.6 Å². The first kappa shape index (κ1) is 11.3. The molecule has 0 spiro atoms. The van der Waals surface area contributed by atoms with E-state index in [1.807, 2.05) is 13.0 Å². The molecule has 0 bridgehead atoms. The molecule has 0 radical (unpaired) electrons. The second kappa shape index (κ2) is 4.61. The standard InChI is InChI=1S/C9H14ClN3O/c1-5-3-6(10)4-7(8(5)14-2)9(11)13-12/h3-4,9,13H,11-12H2,1-2H3. The Morgan fingerprint density at radius 3 is 2.64 bits per heavy atom. The van der Waals surface area contributed by atoms with Crippen molar-refractivity contribution in [3.63, 3.8) is 0 Å². The second-order valence-corrected chi connectivity index (χ2v) is 3.43. The predicted molar refractivity (Wildman–Crippen MR) is 57.0 cm³/mol. The van der Waals surface area contributed by atoms with Crippen LogP contribution in [0.5, 0.6) is 5.75 Å². The van der Waals surface area contributed by atoms with Crippen molar-refractivity contribution in [2.75, 3.05) is 7.11 Å². The molecule has 4 nitrogen and oxygen atoms in total. The largest absolute Gasteiger partial charge is 0.496 e. The lowest BCUT2D eigenvalue weighted by Gasteiger charge is -2.16. The highest BCUT2D eigenvalue weighted by Gasteiger charge is 2.13. The van der Waals surface area contributed by atoms with E-state index in [4.69, 9.17) is 27.9 Å². The minimum absolute atomic E-state index is 0.484. The average molecular weight is 216 g/mol. The number of rotatable bonds is 3. The zero-order valence-corrected chi connectivity index (χ0v) is 8.93. The van der Waals surface area contributed by atoms with Gasteiger partial charge in [0.1, 0.15) is 5.75 Å². The SMILES string of the molecule is COc1c(C)cc(Cl)cc1C(N)NN. The van der Waals surface area contributed by atoms with Gasteiger partial charge in [-0.05, 0) is 24.6 Å². The molecule has 5 heteroatoms. The minimum Gasteiger partial charge on any atom is -0.496 e. The van der Waals surface area contributed by atoms with Gasteiger partial charge in [-0.1, -0.05) is 11.6 Å². The van der Waals surface area contributed by atoms with E-state index < -0.39 is 6.17 Å². The number of halogens is 1. The van der Waals surface area contributed by atoms with E-state index in [1.165, 1.54) is 0 Å². The molecule has 1 rings (SSSR count). The lowest BCUT2D eigenvalue weighted by atomic mass is 10.1. The van der Waals surface area contributed by atoms with Crippen LogP contribution in [0, 0.1) is 6.92 Å². The summed E-state index contributed by atoms with van der Waals surface area (Å²) < 4.78 is 5.22. The molecule has 1 aromatic carbocycles. The van der Waals surface area contributed by atoms with Crippen molar-refractivity contribution in [1.82, 2.24) is 5.43 Å². The number of aryl methyl sites for hydroxylation is 1. The van der Waals surface area contributed by atoms with Crippen molar-refractivity contribution in [2.45, 2.75) is 13.1 Å². The van der Waals surface area contributed by atoms with Gasteiger partial charge in [0.2, 0.25) is 0 Å². The number of nitrogens with one attached hydrogen (secondary N) is 1. The summed E-state index contributed by atoms with van der Waals surface area (Å²) in [6, 6.07) is 3.55. The van der Waals surface area contributed by atoms with E-state index in [0.717, 1.165) is 11.1 Å². The molecule has 14 heavy (non-hydrogen) atoms. The number of hydrazine groups is 1. The highest BCUT2D eigenvalue weighted by Crippen LogP contribution is 2.29. The van der Waals surface area contributed by atoms with Gasteiger partial charge in [-0.15, -0.1) is 0 Å². The number of nitrogens with two attached hydrogens (primary N) is 2. The average Bonchev–Trinajstić information content (AvgIpc) is 2.15. The highest BCUT2D eigenvalue weighted by molar-refractivity contribution is 6.30. The van der Waals surface area contributed by atoms with Gasteiger partial charge < -0.3 is 10.5 Å². The Morgan fingerprint density at radius 2 is 2.14 bits per heavy atom.